The normalized spacial score (nSPS) is 22.6. The summed E-state index contributed by atoms with van der Waals surface area (Å²) >= 11 is 0. The molecule has 0 bridgehead atoms. The Bertz CT molecular complexity index is 417. The summed E-state index contributed by atoms with van der Waals surface area (Å²) in [6.07, 6.45) is 4.47. The van der Waals surface area contributed by atoms with Crippen LogP contribution in [0.15, 0.2) is 24.3 Å². The second-order valence-electron chi connectivity index (χ2n) is 5.18. The van der Waals surface area contributed by atoms with E-state index in [1.165, 1.54) is 5.56 Å². The summed E-state index contributed by atoms with van der Waals surface area (Å²) in [6, 6.07) is 8.29. The Balaban J connectivity index is 1.89. The van der Waals surface area contributed by atoms with Crippen molar-refractivity contribution in [3.05, 3.63) is 29.8 Å². The molecule has 1 saturated heterocycles. The standard InChI is InChI=1S/C14H17NO/c1-11-3-5-12(6-4-11)15-10-2-7-14(8-9-14)13(15)16/h3-6H,2,7-10H2,1H3. The lowest BCUT2D eigenvalue weighted by Crippen LogP contribution is -2.42. The van der Waals surface area contributed by atoms with Crippen LogP contribution >= 0.6 is 0 Å². The molecule has 16 heavy (non-hydrogen) atoms. The van der Waals surface area contributed by atoms with Crippen LogP contribution in [0.2, 0.25) is 0 Å². The molecule has 2 aliphatic rings. The van der Waals surface area contributed by atoms with Gasteiger partial charge in [0, 0.05) is 17.6 Å². The Morgan fingerprint density at radius 2 is 1.81 bits per heavy atom. The Morgan fingerprint density at radius 3 is 2.44 bits per heavy atom. The fourth-order valence-corrected chi connectivity index (χ4v) is 2.66. The molecule has 1 aliphatic heterocycles. The highest BCUT2D eigenvalue weighted by Crippen LogP contribution is 2.53. The number of piperidine rings is 1. The average Bonchev–Trinajstić information content (AvgIpc) is 3.05. The predicted octanol–water partition coefficient (Wildman–Crippen LogP) is 2.90. The Kier molecular flexibility index (Phi) is 2.06. The van der Waals surface area contributed by atoms with Crippen LogP contribution in [-0.2, 0) is 4.79 Å². The van der Waals surface area contributed by atoms with Crippen LogP contribution in [0, 0.1) is 12.3 Å². The maximum atomic E-state index is 12.3. The van der Waals surface area contributed by atoms with Crippen molar-refractivity contribution in [1.82, 2.24) is 0 Å². The van der Waals surface area contributed by atoms with E-state index < -0.39 is 0 Å². The molecule has 0 radical (unpaired) electrons. The lowest BCUT2D eigenvalue weighted by atomic mass is 9.93. The van der Waals surface area contributed by atoms with Crippen LogP contribution in [-0.4, -0.2) is 12.5 Å². The van der Waals surface area contributed by atoms with Crippen LogP contribution in [0.1, 0.15) is 31.2 Å². The fourth-order valence-electron chi connectivity index (χ4n) is 2.66. The first-order valence-electron chi connectivity index (χ1n) is 6.10. The molecule has 1 amide bonds. The summed E-state index contributed by atoms with van der Waals surface area (Å²) in [5.74, 6) is 0.364. The van der Waals surface area contributed by atoms with Gasteiger partial charge in [0.2, 0.25) is 5.91 Å². The predicted molar refractivity (Wildman–Crippen MR) is 64.4 cm³/mol. The topological polar surface area (TPSA) is 20.3 Å². The Labute approximate surface area is 96.3 Å². The molecule has 1 aliphatic carbocycles. The maximum Gasteiger partial charge on any atom is 0.233 e. The summed E-state index contributed by atoms with van der Waals surface area (Å²) in [5, 5.41) is 0. The largest absolute Gasteiger partial charge is 0.312 e. The quantitative estimate of drug-likeness (QED) is 0.705. The van der Waals surface area contributed by atoms with Crippen molar-refractivity contribution < 1.29 is 4.79 Å². The number of carbonyl (C=O) groups is 1. The minimum absolute atomic E-state index is 0.0448. The highest BCUT2D eigenvalue weighted by Gasteiger charge is 2.53. The van der Waals surface area contributed by atoms with Gasteiger partial charge in [0.25, 0.3) is 0 Å². The molecule has 84 valence electrons. The number of benzene rings is 1. The second kappa shape index (κ2) is 3.34. The average molecular weight is 215 g/mol. The zero-order chi connectivity index (χ0) is 11.2. The van der Waals surface area contributed by atoms with E-state index in [1.54, 1.807) is 0 Å². The summed E-state index contributed by atoms with van der Waals surface area (Å²) in [7, 11) is 0. The maximum absolute atomic E-state index is 12.3. The third kappa shape index (κ3) is 1.44. The van der Waals surface area contributed by atoms with Gasteiger partial charge in [-0.05, 0) is 44.7 Å². The van der Waals surface area contributed by atoms with Gasteiger partial charge in [-0.2, -0.15) is 0 Å². The summed E-state index contributed by atoms with van der Waals surface area (Å²) in [6.45, 7) is 2.97. The lowest BCUT2D eigenvalue weighted by molar-refractivity contribution is -0.125. The number of amides is 1. The van der Waals surface area contributed by atoms with Gasteiger partial charge in [0.05, 0.1) is 0 Å². The number of nitrogens with zero attached hydrogens (tertiary/aromatic N) is 1. The van der Waals surface area contributed by atoms with Crippen LogP contribution < -0.4 is 4.90 Å². The van der Waals surface area contributed by atoms with Gasteiger partial charge in [-0.3, -0.25) is 4.79 Å². The zero-order valence-electron chi connectivity index (χ0n) is 9.70. The molecule has 2 nitrogen and oxygen atoms in total. The molecule has 0 aromatic heterocycles. The molecule has 2 fully saturated rings. The number of hydrogen-bond donors (Lipinski definition) is 0. The monoisotopic (exact) mass is 215 g/mol. The minimum atomic E-state index is 0.0448. The zero-order valence-corrected chi connectivity index (χ0v) is 9.70. The van der Waals surface area contributed by atoms with Crippen molar-refractivity contribution in [1.29, 1.82) is 0 Å². The van der Waals surface area contributed by atoms with E-state index in [4.69, 9.17) is 0 Å². The molecule has 0 N–H and O–H groups in total. The van der Waals surface area contributed by atoms with E-state index in [1.807, 2.05) is 4.90 Å². The van der Waals surface area contributed by atoms with Crippen molar-refractivity contribution in [2.45, 2.75) is 32.6 Å². The third-order valence-electron chi connectivity index (χ3n) is 3.94. The van der Waals surface area contributed by atoms with Crippen LogP contribution in [0.25, 0.3) is 0 Å². The first-order valence-corrected chi connectivity index (χ1v) is 6.10. The van der Waals surface area contributed by atoms with Gasteiger partial charge in [0.1, 0.15) is 0 Å². The molecule has 3 rings (SSSR count). The second-order valence-corrected chi connectivity index (χ2v) is 5.18. The van der Waals surface area contributed by atoms with Crippen molar-refractivity contribution in [3.8, 4) is 0 Å². The molecule has 1 heterocycles. The van der Waals surface area contributed by atoms with E-state index >= 15 is 0 Å². The molecule has 0 unspecified atom stereocenters. The van der Waals surface area contributed by atoms with E-state index in [9.17, 15) is 4.79 Å². The van der Waals surface area contributed by atoms with Crippen molar-refractivity contribution in [2.24, 2.45) is 5.41 Å². The van der Waals surface area contributed by atoms with E-state index in [0.717, 1.165) is 37.9 Å². The molecule has 1 aromatic carbocycles. The summed E-state index contributed by atoms with van der Waals surface area (Å²) < 4.78 is 0. The first kappa shape index (κ1) is 9.88. The SMILES string of the molecule is Cc1ccc(N2CCCC3(CC3)C2=O)cc1. The first-order chi connectivity index (χ1) is 7.71. The fraction of sp³-hybridized carbons (Fsp3) is 0.500. The van der Waals surface area contributed by atoms with Crippen molar-refractivity contribution >= 4 is 11.6 Å². The molecular formula is C14H17NO. The lowest BCUT2D eigenvalue weighted by Gasteiger charge is -2.32. The molecule has 2 heteroatoms. The minimum Gasteiger partial charge on any atom is -0.312 e. The molecule has 1 aromatic rings. The third-order valence-corrected chi connectivity index (χ3v) is 3.94. The highest BCUT2D eigenvalue weighted by atomic mass is 16.2. The number of rotatable bonds is 1. The van der Waals surface area contributed by atoms with Crippen molar-refractivity contribution in [2.75, 3.05) is 11.4 Å². The number of carbonyl (C=O) groups excluding carboxylic acids is 1. The van der Waals surface area contributed by atoms with Crippen LogP contribution in [0.3, 0.4) is 0 Å². The molecule has 0 atom stereocenters. The summed E-state index contributed by atoms with van der Waals surface area (Å²) in [4.78, 5) is 14.3. The smallest absolute Gasteiger partial charge is 0.233 e. The molecular weight excluding hydrogens is 198 g/mol. The Morgan fingerprint density at radius 1 is 1.12 bits per heavy atom. The van der Waals surface area contributed by atoms with E-state index in [-0.39, 0.29) is 5.41 Å². The summed E-state index contributed by atoms with van der Waals surface area (Å²) in [5.41, 5.74) is 2.36. The molecule has 1 saturated carbocycles. The molecule has 1 spiro atoms. The highest BCUT2D eigenvalue weighted by molar-refractivity contribution is 6.00. The van der Waals surface area contributed by atoms with Gasteiger partial charge < -0.3 is 4.90 Å². The van der Waals surface area contributed by atoms with Gasteiger partial charge in [-0.25, -0.2) is 0 Å². The number of anilines is 1. The van der Waals surface area contributed by atoms with E-state index in [2.05, 4.69) is 31.2 Å². The number of aryl methyl sites for hydroxylation is 1. The number of hydrogen-bond acceptors (Lipinski definition) is 1. The Hall–Kier alpha value is -1.31. The van der Waals surface area contributed by atoms with Crippen LogP contribution in [0.5, 0.6) is 0 Å². The van der Waals surface area contributed by atoms with Gasteiger partial charge >= 0.3 is 0 Å². The van der Waals surface area contributed by atoms with Crippen LogP contribution in [0.4, 0.5) is 5.69 Å². The van der Waals surface area contributed by atoms with Gasteiger partial charge in [-0.1, -0.05) is 17.7 Å². The van der Waals surface area contributed by atoms with Gasteiger partial charge in [0.15, 0.2) is 0 Å². The van der Waals surface area contributed by atoms with E-state index in [0.29, 0.717) is 5.91 Å². The van der Waals surface area contributed by atoms with Crippen molar-refractivity contribution in [3.63, 3.8) is 0 Å². The van der Waals surface area contributed by atoms with Gasteiger partial charge in [-0.15, -0.1) is 0 Å².